The fourth-order valence-corrected chi connectivity index (χ4v) is 1.08. The van der Waals surface area contributed by atoms with Gasteiger partial charge in [0.1, 0.15) is 5.75 Å². The molecule has 0 aromatic heterocycles. The molecular formula is C9H8CoOPd. The van der Waals surface area contributed by atoms with Crippen molar-refractivity contribution in [1.29, 1.82) is 0 Å². The van der Waals surface area contributed by atoms with E-state index in [-0.39, 0.29) is 37.2 Å². The Balaban J connectivity index is 0.000000605. The van der Waals surface area contributed by atoms with Gasteiger partial charge >= 0.3 is 0 Å². The molecule has 0 saturated heterocycles. The molecule has 1 aromatic rings. The maximum absolute atomic E-state index is 5.24. The first kappa shape index (κ1) is 11.9. The number of hydrogen-bond acceptors (Lipinski definition) is 1. The van der Waals surface area contributed by atoms with E-state index in [2.05, 4.69) is 6.07 Å². The summed E-state index contributed by atoms with van der Waals surface area (Å²) in [5, 5.41) is 0. The molecule has 1 heterocycles. The van der Waals surface area contributed by atoms with Crippen molar-refractivity contribution in [2.75, 3.05) is 0 Å². The summed E-state index contributed by atoms with van der Waals surface area (Å²) in [4.78, 5) is 0. The minimum atomic E-state index is 0. The van der Waals surface area contributed by atoms with E-state index in [1.807, 2.05) is 24.3 Å². The van der Waals surface area contributed by atoms with Crippen molar-refractivity contribution in [3.8, 4) is 5.75 Å². The Morgan fingerprint density at radius 1 is 1.17 bits per heavy atom. The fraction of sp³-hybridized carbons (Fsp3) is 0.111. The number of rotatable bonds is 0. The number of ether oxygens (including phenoxy) is 1. The Morgan fingerprint density at radius 2 is 1.92 bits per heavy atom. The second-order valence-corrected chi connectivity index (χ2v) is 2.30. The molecule has 1 aliphatic rings. The summed E-state index contributed by atoms with van der Waals surface area (Å²) in [6.45, 7) is 0. The van der Waals surface area contributed by atoms with Gasteiger partial charge in [0.2, 0.25) is 0 Å². The summed E-state index contributed by atoms with van der Waals surface area (Å²) in [7, 11) is 0. The first-order valence-electron chi connectivity index (χ1n) is 3.36. The Morgan fingerprint density at radius 3 is 2.67 bits per heavy atom. The van der Waals surface area contributed by atoms with Gasteiger partial charge in [0, 0.05) is 37.2 Å². The summed E-state index contributed by atoms with van der Waals surface area (Å²) < 4.78 is 5.24. The van der Waals surface area contributed by atoms with Gasteiger partial charge in [-0.3, -0.25) is 0 Å². The summed E-state index contributed by atoms with van der Waals surface area (Å²) in [5.41, 5.74) is 1.27. The first-order chi connectivity index (χ1) is 4.97. The molecule has 0 N–H and O–H groups in total. The van der Waals surface area contributed by atoms with E-state index >= 15 is 0 Å². The zero-order valence-corrected chi connectivity index (χ0v) is 8.82. The van der Waals surface area contributed by atoms with Crippen molar-refractivity contribution in [1.82, 2.24) is 0 Å². The average Bonchev–Trinajstić information content (AvgIpc) is 2.05. The smallest absolute Gasteiger partial charge is 0.130 e. The molecule has 0 fully saturated rings. The molecule has 0 amide bonds. The molecule has 69 valence electrons. The van der Waals surface area contributed by atoms with Crippen LogP contribution in [-0.2, 0) is 43.6 Å². The van der Waals surface area contributed by atoms with Crippen LogP contribution >= 0.6 is 0 Å². The Labute approximate surface area is 96.0 Å². The zero-order chi connectivity index (χ0) is 6.81. The maximum atomic E-state index is 5.24. The van der Waals surface area contributed by atoms with E-state index in [9.17, 15) is 0 Å². The van der Waals surface area contributed by atoms with Crippen molar-refractivity contribution in [2.24, 2.45) is 0 Å². The third-order valence-electron chi connectivity index (χ3n) is 1.60. The third kappa shape index (κ3) is 2.46. The number of benzene rings is 1. The Bertz CT molecular complexity index is 246. The second-order valence-electron chi connectivity index (χ2n) is 2.30. The van der Waals surface area contributed by atoms with Crippen LogP contribution in [0.4, 0.5) is 0 Å². The number of allylic oxidation sites excluding steroid dienone is 1. The molecular weight excluding hydrogens is 289 g/mol. The second kappa shape index (κ2) is 5.55. The predicted octanol–water partition coefficient (Wildman–Crippen LogP) is 2.13. The van der Waals surface area contributed by atoms with Gasteiger partial charge < -0.3 is 4.74 Å². The molecule has 1 nitrogen and oxygen atoms in total. The van der Waals surface area contributed by atoms with Gasteiger partial charge in [-0.05, 0) is 24.1 Å². The number of hydrogen-bond donors (Lipinski definition) is 0. The monoisotopic (exact) mass is 297 g/mol. The van der Waals surface area contributed by atoms with E-state index < -0.39 is 0 Å². The van der Waals surface area contributed by atoms with Crippen molar-refractivity contribution >= 4 is 0 Å². The number of fused-ring (bicyclic) bond motifs is 1. The Kier molecular flexibility index (Phi) is 5.52. The molecule has 12 heavy (non-hydrogen) atoms. The fourth-order valence-electron chi connectivity index (χ4n) is 1.08. The topological polar surface area (TPSA) is 9.23 Å². The van der Waals surface area contributed by atoms with Crippen LogP contribution in [0.25, 0.3) is 0 Å². The SMILES string of the molecule is C1=COc2ccccc2C1.[Co].[Pd]. The average molecular weight is 298 g/mol. The summed E-state index contributed by atoms with van der Waals surface area (Å²) in [6.07, 6.45) is 4.75. The molecule has 0 saturated carbocycles. The third-order valence-corrected chi connectivity index (χ3v) is 1.60. The minimum Gasteiger partial charge on any atom is -0.465 e. The van der Waals surface area contributed by atoms with Gasteiger partial charge in [-0.2, -0.15) is 0 Å². The van der Waals surface area contributed by atoms with Crippen LogP contribution in [0, 0.1) is 0 Å². The summed E-state index contributed by atoms with van der Waals surface area (Å²) >= 11 is 0. The van der Waals surface area contributed by atoms with E-state index in [1.54, 1.807) is 6.26 Å². The summed E-state index contributed by atoms with van der Waals surface area (Å²) in [6, 6.07) is 8.08. The van der Waals surface area contributed by atoms with E-state index in [4.69, 9.17) is 4.74 Å². The van der Waals surface area contributed by atoms with E-state index in [1.165, 1.54) is 5.56 Å². The number of para-hydroxylation sites is 1. The van der Waals surface area contributed by atoms with E-state index in [0.29, 0.717) is 0 Å². The molecule has 0 spiro atoms. The first-order valence-corrected chi connectivity index (χ1v) is 3.36. The van der Waals surface area contributed by atoms with Gasteiger partial charge in [0.25, 0.3) is 0 Å². The van der Waals surface area contributed by atoms with Gasteiger partial charge in [-0.15, -0.1) is 0 Å². The van der Waals surface area contributed by atoms with Crippen LogP contribution in [0.1, 0.15) is 5.56 Å². The molecule has 0 aliphatic carbocycles. The normalized spacial score (nSPS) is 11.7. The molecule has 1 aromatic carbocycles. The molecule has 1 aliphatic heterocycles. The largest absolute Gasteiger partial charge is 0.465 e. The standard InChI is InChI=1S/C9H8O.Co.Pd/c1-2-6-9-8(4-1)5-3-7-10-9;;/h1-4,6-7H,5H2;;. The quantitative estimate of drug-likeness (QED) is 0.667. The van der Waals surface area contributed by atoms with Crippen molar-refractivity contribution in [3.63, 3.8) is 0 Å². The zero-order valence-electron chi connectivity index (χ0n) is 6.23. The predicted molar refractivity (Wildman–Crippen MR) is 39.9 cm³/mol. The van der Waals surface area contributed by atoms with Crippen LogP contribution in [-0.4, -0.2) is 0 Å². The molecule has 0 unspecified atom stereocenters. The van der Waals surface area contributed by atoms with Crippen LogP contribution < -0.4 is 4.74 Å². The van der Waals surface area contributed by atoms with Crippen molar-refractivity contribution < 1.29 is 41.9 Å². The van der Waals surface area contributed by atoms with E-state index in [0.717, 1.165) is 12.2 Å². The molecule has 0 bridgehead atoms. The van der Waals surface area contributed by atoms with Gasteiger partial charge in [0.15, 0.2) is 0 Å². The molecule has 2 rings (SSSR count). The minimum absolute atomic E-state index is 0. The Hall–Kier alpha value is -0.0712. The van der Waals surface area contributed by atoms with Crippen molar-refractivity contribution in [3.05, 3.63) is 42.2 Å². The van der Waals surface area contributed by atoms with Crippen molar-refractivity contribution in [2.45, 2.75) is 6.42 Å². The molecule has 0 atom stereocenters. The molecule has 3 heteroatoms. The van der Waals surface area contributed by atoms with Crippen LogP contribution in [0.2, 0.25) is 0 Å². The van der Waals surface area contributed by atoms with Crippen LogP contribution in [0.15, 0.2) is 36.6 Å². The summed E-state index contributed by atoms with van der Waals surface area (Å²) in [5.74, 6) is 0.991. The molecule has 1 radical (unpaired) electrons. The van der Waals surface area contributed by atoms with Gasteiger partial charge in [-0.1, -0.05) is 18.2 Å². The maximum Gasteiger partial charge on any atom is 0.130 e. The van der Waals surface area contributed by atoms with Gasteiger partial charge in [-0.25, -0.2) is 0 Å². The van der Waals surface area contributed by atoms with Crippen LogP contribution in [0.3, 0.4) is 0 Å². The van der Waals surface area contributed by atoms with Crippen LogP contribution in [0.5, 0.6) is 5.75 Å². The van der Waals surface area contributed by atoms with Gasteiger partial charge in [0.05, 0.1) is 6.26 Å².